The molecule has 12 nitrogen and oxygen atoms in total. The van der Waals surface area contributed by atoms with Crippen LogP contribution in [0.1, 0.15) is 19.8 Å². The van der Waals surface area contributed by atoms with Crippen molar-refractivity contribution in [2.45, 2.75) is 35.6 Å². The first-order valence-corrected chi connectivity index (χ1v) is 11.7. The van der Waals surface area contributed by atoms with Crippen molar-refractivity contribution in [1.82, 2.24) is 4.98 Å². The second-order valence-corrected chi connectivity index (χ2v) is 9.41. The maximum atomic E-state index is 13.6. The van der Waals surface area contributed by atoms with Gasteiger partial charge < -0.3 is 31.7 Å². The van der Waals surface area contributed by atoms with Crippen molar-refractivity contribution < 1.29 is 22.7 Å². The van der Waals surface area contributed by atoms with Gasteiger partial charge >= 0.3 is 0 Å². The molecule has 0 bridgehead atoms. The van der Waals surface area contributed by atoms with Crippen molar-refractivity contribution >= 4 is 51.0 Å². The fourth-order valence-electron chi connectivity index (χ4n) is 3.27. The average molecular weight is 513 g/mol. The maximum Gasteiger partial charge on any atom is 0.273 e. The van der Waals surface area contributed by atoms with Gasteiger partial charge in [-0.1, -0.05) is 11.6 Å². The van der Waals surface area contributed by atoms with Gasteiger partial charge in [0.15, 0.2) is 5.96 Å². The number of nitrogens with zero attached hydrogens (tertiary/aromatic N) is 2. The number of carbonyl (C=O) groups excluding carboxylic acids is 2. The highest BCUT2D eigenvalue weighted by atomic mass is 35.5. The first kappa shape index (κ1) is 26.7. The van der Waals surface area contributed by atoms with Crippen LogP contribution in [0.5, 0.6) is 5.75 Å². The molecule has 1 aromatic heterocycles. The van der Waals surface area contributed by atoms with E-state index in [1.807, 2.05) is 0 Å². The van der Waals surface area contributed by atoms with Gasteiger partial charge in [0.05, 0.1) is 18.8 Å². The van der Waals surface area contributed by atoms with E-state index < -0.39 is 43.6 Å². The molecule has 0 aliphatic heterocycles. The van der Waals surface area contributed by atoms with Crippen LogP contribution >= 0.6 is 11.6 Å². The van der Waals surface area contributed by atoms with Crippen LogP contribution in [-0.2, 0) is 19.4 Å². The van der Waals surface area contributed by atoms with Crippen LogP contribution in [0.15, 0.2) is 44.0 Å². The number of anilines is 2. The highest BCUT2D eigenvalue weighted by Gasteiger charge is 2.34. The number of rotatable bonds is 10. The van der Waals surface area contributed by atoms with Gasteiger partial charge in [0.2, 0.25) is 15.7 Å². The topological polar surface area (TPSA) is 204 Å². The number of aliphatic imine (C=N–C) groups is 1. The van der Waals surface area contributed by atoms with Gasteiger partial charge in [-0.2, -0.15) is 0 Å². The Kier molecular flexibility index (Phi) is 8.65. The summed E-state index contributed by atoms with van der Waals surface area (Å²) in [6, 6.07) is 2.78. The van der Waals surface area contributed by atoms with E-state index in [-0.39, 0.29) is 41.0 Å². The second kappa shape index (κ2) is 11.0. The molecule has 1 atom stereocenters. The summed E-state index contributed by atoms with van der Waals surface area (Å²) >= 11 is 6.00. The number of nitrogens with one attached hydrogen (secondary N) is 1. The molecule has 34 heavy (non-hydrogen) atoms. The smallest absolute Gasteiger partial charge is 0.273 e. The molecule has 1 aromatic carbocycles. The molecule has 2 rings (SSSR count). The highest BCUT2D eigenvalue weighted by molar-refractivity contribution is 7.91. The molecule has 0 aliphatic rings. The Hall–Kier alpha value is -3.58. The van der Waals surface area contributed by atoms with E-state index in [1.165, 1.54) is 19.2 Å². The molecular weight excluding hydrogens is 488 g/mol. The number of sulfone groups is 1. The summed E-state index contributed by atoms with van der Waals surface area (Å²) in [6.07, 6.45) is 1.69. The van der Waals surface area contributed by atoms with Gasteiger partial charge in [0.25, 0.3) is 5.56 Å². The fourth-order valence-corrected chi connectivity index (χ4v) is 5.12. The first-order valence-electron chi connectivity index (χ1n) is 9.86. The van der Waals surface area contributed by atoms with Crippen molar-refractivity contribution in [2.75, 3.05) is 24.3 Å². The molecule has 0 saturated heterocycles. The number of methoxy groups -OCH3 is 1. The Morgan fingerprint density at radius 3 is 2.56 bits per heavy atom. The Morgan fingerprint density at radius 1 is 1.32 bits per heavy atom. The minimum absolute atomic E-state index is 0.0290. The number of ether oxygens (including phenoxy) is 1. The lowest BCUT2D eigenvalue weighted by atomic mass is 10.1. The van der Waals surface area contributed by atoms with E-state index in [0.717, 1.165) is 24.1 Å². The minimum atomic E-state index is -4.46. The molecule has 1 amide bonds. The number of nitrogens with two attached hydrogens (primary N) is 3. The molecule has 184 valence electrons. The summed E-state index contributed by atoms with van der Waals surface area (Å²) in [6.45, 7) is 1.28. The summed E-state index contributed by atoms with van der Waals surface area (Å²) in [7, 11) is -3.19. The lowest BCUT2D eigenvalue weighted by molar-refractivity contribution is -0.119. The van der Waals surface area contributed by atoms with E-state index in [2.05, 4.69) is 9.98 Å². The number of hydrogen-bond donors (Lipinski definition) is 4. The Bertz CT molecular complexity index is 1270. The molecule has 0 saturated carbocycles. The number of aldehydes is 1. The number of pyridine rings is 1. The predicted octanol–water partition coefficient (Wildman–Crippen LogP) is 0.426. The van der Waals surface area contributed by atoms with Crippen molar-refractivity contribution in [1.29, 1.82) is 0 Å². The van der Waals surface area contributed by atoms with Gasteiger partial charge in [-0.15, -0.1) is 0 Å². The summed E-state index contributed by atoms with van der Waals surface area (Å²) in [5, 5.41) is 0.104. The van der Waals surface area contributed by atoms with Gasteiger partial charge in [0, 0.05) is 24.7 Å². The summed E-state index contributed by atoms with van der Waals surface area (Å²) in [4.78, 5) is 43.0. The number of hydrogen-bond acceptors (Lipinski definition) is 8. The molecule has 0 unspecified atom stereocenters. The maximum absolute atomic E-state index is 13.6. The van der Waals surface area contributed by atoms with Crippen LogP contribution in [0.25, 0.3) is 0 Å². The SMILES string of the molecule is COc1ccc(Cl)cc1S(=O)(=O)c1c[nH]c(=O)c(N)c1N(C(C)=O)[C@H](C=O)CCCN=C(N)N. The Balaban J connectivity index is 2.73. The number of halogens is 1. The number of guanidine groups is 1. The molecule has 0 radical (unpaired) electrons. The van der Waals surface area contributed by atoms with Gasteiger partial charge in [0.1, 0.15) is 27.5 Å². The van der Waals surface area contributed by atoms with Crippen molar-refractivity contribution in [3.8, 4) is 5.75 Å². The quantitative estimate of drug-likeness (QED) is 0.150. The standard InChI is InChI=1S/C20H25ClN6O6S/c1-11(29)27(13(10-28)4-3-7-25-20(23)24)18-16(9-26-19(30)17(18)22)34(31,32)15-8-12(21)5-6-14(15)33-2/h5-6,8-10,13H,3-4,7,22H2,1-2H3,(H,26,30)(H4,23,24,25)/t13-/m0/s1. The van der Waals surface area contributed by atoms with E-state index in [4.69, 9.17) is 33.5 Å². The number of amides is 1. The Labute approximate surface area is 200 Å². The minimum Gasteiger partial charge on any atom is -0.495 e. The average Bonchev–Trinajstić information content (AvgIpc) is 2.77. The fraction of sp³-hybridized carbons (Fsp3) is 0.300. The third-order valence-electron chi connectivity index (χ3n) is 4.79. The Morgan fingerprint density at radius 2 is 2.00 bits per heavy atom. The van der Waals surface area contributed by atoms with Crippen LogP contribution in [0.3, 0.4) is 0 Å². The van der Waals surface area contributed by atoms with E-state index in [1.54, 1.807) is 0 Å². The number of carbonyl (C=O) groups is 2. The van der Waals surface area contributed by atoms with E-state index >= 15 is 0 Å². The predicted molar refractivity (Wildman–Crippen MR) is 128 cm³/mol. The molecule has 0 spiro atoms. The number of aromatic nitrogens is 1. The first-order chi connectivity index (χ1) is 15.9. The molecule has 0 fully saturated rings. The molecule has 2 aromatic rings. The van der Waals surface area contributed by atoms with E-state index in [9.17, 15) is 22.8 Å². The zero-order valence-electron chi connectivity index (χ0n) is 18.4. The van der Waals surface area contributed by atoms with Gasteiger partial charge in [-0.25, -0.2) is 8.42 Å². The lowest BCUT2D eigenvalue weighted by Gasteiger charge is -2.29. The second-order valence-electron chi connectivity index (χ2n) is 7.08. The van der Waals surface area contributed by atoms with Gasteiger partial charge in [-0.3, -0.25) is 19.5 Å². The number of aromatic amines is 1. The molecule has 7 N–H and O–H groups in total. The third kappa shape index (κ3) is 5.66. The van der Waals surface area contributed by atoms with Crippen molar-refractivity contribution in [3.05, 3.63) is 39.8 Å². The van der Waals surface area contributed by atoms with Crippen molar-refractivity contribution in [3.63, 3.8) is 0 Å². The van der Waals surface area contributed by atoms with Crippen LogP contribution in [0.2, 0.25) is 5.02 Å². The van der Waals surface area contributed by atoms with E-state index in [0.29, 0.717) is 6.29 Å². The monoisotopic (exact) mass is 512 g/mol. The molecular formula is C20H25ClN6O6S. The molecule has 1 heterocycles. The normalized spacial score (nSPS) is 12.0. The van der Waals surface area contributed by atoms with Gasteiger partial charge in [-0.05, 0) is 31.0 Å². The van der Waals surface area contributed by atoms with Crippen LogP contribution in [-0.4, -0.2) is 51.3 Å². The third-order valence-corrected chi connectivity index (χ3v) is 6.82. The summed E-state index contributed by atoms with van der Waals surface area (Å²) < 4.78 is 32.4. The summed E-state index contributed by atoms with van der Waals surface area (Å²) in [5.74, 6) is -0.891. The molecule has 0 aliphatic carbocycles. The van der Waals surface area contributed by atoms with Crippen LogP contribution in [0, 0.1) is 0 Å². The van der Waals surface area contributed by atoms with Crippen molar-refractivity contribution in [2.24, 2.45) is 16.5 Å². The zero-order valence-corrected chi connectivity index (χ0v) is 20.0. The number of benzene rings is 1. The summed E-state index contributed by atoms with van der Waals surface area (Å²) in [5.41, 5.74) is 14.7. The van der Waals surface area contributed by atoms with Crippen LogP contribution < -0.4 is 32.4 Å². The largest absolute Gasteiger partial charge is 0.495 e. The zero-order chi connectivity index (χ0) is 25.6. The number of H-pyrrole nitrogens is 1. The van der Waals surface area contributed by atoms with Crippen LogP contribution in [0.4, 0.5) is 11.4 Å². The molecule has 14 heteroatoms. The highest BCUT2D eigenvalue weighted by Crippen LogP contribution is 2.38. The lowest BCUT2D eigenvalue weighted by Crippen LogP contribution is -2.42. The number of nitrogen functional groups attached to an aromatic ring is 1.